The molecule has 0 spiro atoms. The molecule has 0 saturated heterocycles. The first-order valence-electron chi connectivity index (χ1n) is 8.54. The lowest BCUT2D eigenvalue weighted by atomic mass is 10.1. The predicted molar refractivity (Wildman–Crippen MR) is 102 cm³/mol. The van der Waals surface area contributed by atoms with Crippen LogP contribution in [0.4, 0.5) is 0 Å². The van der Waals surface area contributed by atoms with Gasteiger partial charge in [0.1, 0.15) is 17.7 Å². The van der Waals surface area contributed by atoms with Crippen molar-refractivity contribution in [2.75, 3.05) is 19.7 Å². The van der Waals surface area contributed by atoms with Gasteiger partial charge < -0.3 is 20.3 Å². The first kappa shape index (κ1) is 21.6. The quantitative estimate of drug-likeness (QED) is 0.414. The number of aliphatic hydroxyl groups is 2. The number of hydrogen-bond acceptors (Lipinski definition) is 6. The summed E-state index contributed by atoms with van der Waals surface area (Å²) in [6, 6.07) is 5.53. The number of hydrogen-bond donors (Lipinski definition) is 3. The van der Waals surface area contributed by atoms with Crippen LogP contribution in [0, 0.1) is 18.3 Å². The number of nitrogens with zero attached hydrogens (tertiary/aromatic N) is 2. The average molecular weight is 357 g/mol. The molecule has 0 aliphatic carbocycles. The molecule has 1 rings (SSSR count). The van der Waals surface area contributed by atoms with Crippen LogP contribution in [0.25, 0.3) is 0 Å². The second-order valence-electron chi connectivity index (χ2n) is 5.81. The van der Waals surface area contributed by atoms with Crippen molar-refractivity contribution in [2.24, 2.45) is 0 Å². The van der Waals surface area contributed by atoms with E-state index < -0.39 is 6.10 Å². The van der Waals surface area contributed by atoms with Crippen LogP contribution in [-0.4, -0.2) is 47.1 Å². The molecule has 0 amide bonds. The van der Waals surface area contributed by atoms with E-state index in [4.69, 9.17) is 9.84 Å². The van der Waals surface area contributed by atoms with Gasteiger partial charge in [-0.15, -0.1) is 0 Å². The number of pyridine rings is 1. The van der Waals surface area contributed by atoms with Crippen molar-refractivity contribution in [3.05, 3.63) is 59.8 Å². The molecule has 26 heavy (non-hydrogen) atoms. The molecule has 0 aromatic carbocycles. The summed E-state index contributed by atoms with van der Waals surface area (Å²) >= 11 is 0. The Morgan fingerprint density at radius 1 is 1.46 bits per heavy atom. The van der Waals surface area contributed by atoms with Crippen LogP contribution in [0.3, 0.4) is 0 Å². The molecule has 6 nitrogen and oxygen atoms in total. The van der Waals surface area contributed by atoms with E-state index in [9.17, 15) is 10.4 Å². The van der Waals surface area contributed by atoms with Gasteiger partial charge in [-0.25, -0.2) is 4.98 Å². The zero-order valence-corrected chi connectivity index (χ0v) is 15.4. The number of nitrogens with one attached hydrogen (secondary N) is 1. The Morgan fingerprint density at radius 3 is 2.88 bits per heavy atom. The standard InChI is InChI=1S/C20H27N3O3/c1-4-5-6-7-15(2)19(10-11-22-13-18(25)14-24)26-20-17(12-21)9-8-16(3)23-20/h4-9,18-19,22,24-25H,2,10-11,13-14H2,1,3H3/b5-4-,7-6-/t18-,19+/m0/s1. The van der Waals surface area contributed by atoms with E-state index in [0.717, 1.165) is 11.3 Å². The number of allylic oxidation sites excluding steroid dienone is 3. The normalized spacial score (nSPS) is 13.7. The van der Waals surface area contributed by atoms with Crippen molar-refractivity contribution < 1.29 is 14.9 Å². The first-order chi connectivity index (χ1) is 12.5. The van der Waals surface area contributed by atoms with Gasteiger partial charge in [-0.2, -0.15) is 5.26 Å². The summed E-state index contributed by atoms with van der Waals surface area (Å²) < 4.78 is 5.98. The highest BCUT2D eigenvalue weighted by Crippen LogP contribution is 2.20. The Labute approximate surface area is 155 Å². The van der Waals surface area contributed by atoms with Crippen LogP contribution >= 0.6 is 0 Å². The van der Waals surface area contributed by atoms with E-state index >= 15 is 0 Å². The second kappa shape index (κ2) is 12.0. The maximum Gasteiger partial charge on any atom is 0.232 e. The highest BCUT2D eigenvalue weighted by molar-refractivity contribution is 5.39. The minimum absolute atomic E-state index is 0.286. The van der Waals surface area contributed by atoms with E-state index in [2.05, 4.69) is 22.9 Å². The van der Waals surface area contributed by atoms with Gasteiger partial charge in [0.05, 0.1) is 12.7 Å². The van der Waals surface area contributed by atoms with Crippen LogP contribution in [-0.2, 0) is 0 Å². The Morgan fingerprint density at radius 2 is 2.23 bits per heavy atom. The predicted octanol–water partition coefficient (Wildman–Crippen LogP) is 2.03. The van der Waals surface area contributed by atoms with E-state index in [0.29, 0.717) is 18.5 Å². The number of aromatic nitrogens is 1. The monoisotopic (exact) mass is 357 g/mol. The SMILES string of the molecule is C=C(/C=C\C=C/C)[C@@H](CCNC[C@H](O)CO)Oc1nc(C)ccc1C#N. The molecule has 0 aliphatic rings. The van der Waals surface area contributed by atoms with Crippen LogP contribution in [0.2, 0.25) is 0 Å². The van der Waals surface area contributed by atoms with Gasteiger partial charge in [0, 0.05) is 18.7 Å². The van der Waals surface area contributed by atoms with Crippen molar-refractivity contribution in [2.45, 2.75) is 32.5 Å². The molecule has 0 bridgehead atoms. The third-order valence-corrected chi connectivity index (χ3v) is 3.58. The summed E-state index contributed by atoms with van der Waals surface area (Å²) in [5, 5.41) is 30.5. The summed E-state index contributed by atoms with van der Waals surface area (Å²) in [6.07, 6.45) is 6.92. The van der Waals surface area contributed by atoms with E-state index in [-0.39, 0.29) is 25.1 Å². The summed E-state index contributed by atoms with van der Waals surface area (Å²) in [7, 11) is 0. The number of aliphatic hydroxyl groups excluding tert-OH is 2. The fourth-order valence-corrected chi connectivity index (χ4v) is 2.13. The number of ether oxygens (including phenoxy) is 1. The summed E-state index contributed by atoms with van der Waals surface area (Å²) in [5.41, 5.74) is 1.88. The fourth-order valence-electron chi connectivity index (χ4n) is 2.13. The third kappa shape index (κ3) is 7.62. The maximum atomic E-state index is 9.38. The smallest absolute Gasteiger partial charge is 0.232 e. The molecule has 0 unspecified atom stereocenters. The zero-order valence-electron chi connectivity index (χ0n) is 15.4. The largest absolute Gasteiger partial charge is 0.468 e. The molecule has 0 saturated carbocycles. The molecule has 0 fully saturated rings. The molecule has 140 valence electrons. The van der Waals surface area contributed by atoms with Crippen molar-refractivity contribution in [3.63, 3.8) is 0 Å². The topological polar surface area (TPSA) is 98.4 Å². The molecular formula is C20H27N3O3. The molecule has 1 heterocycles. The fraction of sp³-hybridized carbons (Fsp3) is 0.400. The minimum Gasteiger partial charge on any atom is -0.468 e. The first-order valence-corrected chi connectivity index (χ1v) is 8.54. The van der Waals surface area contributed by atoms with Crippen LogP contribution in [0.1, 0.15) is 24.6 Å². The third-order valence-electron chi connectivity index (χ3n) is 3.58. The Hall–Kier alpha value is -2.46. The second-order valence-corrected chi connectivity index (χ2v) is 5.81. The van der Waals surface area contributed by atoms with Crippen molar-refractivity contribution in [1.82, 2.24) is 10.3 Å². The minimum atomic E-state index is -0.796. The van der Waals surface area contributed by atoms with Gasteiger partial charge in [-0.05, 0) is 38.1 Å². The molecule has 1 aromatic heterocycles. The summed E-state index contributed by atoms with van der Waals surface area (Å²) in [5.74, 6) is 0.286. The van der Waals surface area contributed by atoms with Gasteiger partial charge in [0.15, 0.2) is 0 Å². The van der Waals surface area contributed by atoms with Crippen molar-refractivity contribution in [3.8, 4) is 11.9 Å². The molecule has 3 N–H and O–H groups in total. The summed E-state index contributed by atoms with van der Waals surface area (Å²) in [6.45, 7) is 8.36. The lowest BCUT2D eigenvalue weighted by Crippen LogP contribution is -2.32. The van der Waals surface area contributed by atoms with Crippen LogP contribution in [0.15, 0.2) is 48.6 Å². The molecule has 0 aliphatic heterocycles. The van der Waals surface area contributed by atoms with Gasteiger partial charge in [0.25, 0.3) is 0 Å². The average Bonchev–Trinajstić information content (AvgIpc) is 2.64. The van der Waals surface area contributed by atoms with Crippen molar-refractivity contribution in [1.29, 1.82) is 5.26 Å². The lowest BCUT2D eigenvalue weighted by Gasteiger charge is -2.20. The number of aryl methyl sites for hydroxylation is 1. The van der Waals surface area contributed by atoms with Crippen LogP contribution < -0.4 is 10.1 Å². The van der Waals surface area contributed by atoms with Gasteiger partial charge >= 0.3 is 0 Å². The molecule has 1 aromatic rings. The molecule has 2 atom stereocenters. The van der Waals surface area contributed by atoms with Gasteiger partial charge in [-0.3, -0.25) is 0 Å². The highest BCUT2D eigenvalue weighted by atomic mass is 16.5. The molecular weight excluding hydrogens is 330 g/mol. The molecule has 0 radical (unpaired) electrons. The zero-order chi connectivity index (χ0) is 19.4. The van der Waals surface area contributed by atoms with Crippen molar-refractivity contribution >= 4 is 0 Å². The van der Waals surface area contributed by atoms with Crippen LogP contribution in [0.5, 0.6) is 5.88 Å². The van der Waals surface area contributed by atoms with E-state index in [1.165, 1.54) is 0 Å². The summed E-state index contributed by atoms with van der Waals surface area (Å²) in [4.78, 5) is 4.31. The Kier molecular flexibility index (Phi) is 9.95. The van der Waals surface area contributed by atoms with Gasteiger partial charge in [0.2, 0.25) is 5.88 Å². The lowest BCUT2D eigenvalue weighted by molar-refractivity contribution is 0.0937. The van der Waals surface area contributed by atoms with Gasteiger partial charge in [-0.1, -0.05) is 30.9 Å². The Bertz CT molecular complexity index is 677. The number of nitriles is 1. The van der Waals surface area contributed by atoms with E-state index in [1.807, 2.05) is 38.2 Å². The molecule has 6 heteroatoms. The number of rotatable bonds is 11. The maximum absolute atomic E-state index is 9.38. The Balaban J connectivity index is 2.85. The highest BCUT2D eigenvalue weighted by Gasteiger charge is 2.16. The van der Waals surface area contributed by atoms with E-state index in [1.54, 1.807) is 12.1 Å².